The fraction of sp³-hybridized carbons (Fsp3) is 0.438. The topological polar surface area (TPSA) is 71.8 Å². The molecule has 1 amide bonds. The molecular weight excluding hydrogens is 349 g/mol. The number of amides is 1. The lowest BCUT2D eigenvalue weighted by atomic mass is 9.96. The zero-order chi connectivity index (χ0) is 15.2. The van der Waals surface area contributed by atoms with Crippen molar-refractivity contribution in [1.82, 2.24) is 25.4 Å². The van der Waals surface area contributed by atoms with Crippen LogP contribution in [0.5, 0.6) is 0 Å². The number of rotatable bonds is 5. The van der Waals surface area contributed by atoms with E-state index in [0.29, 0.717) is 24.0 Å². The summed E-state index contributed by atoms with van der Waals surface area (Å²) in [6.45, 7) is 2.87. The molecule has 2 aromatic heterocycles. The first-order valence-electron chi connectivity index (χ1n) is 7.79. The summed E-state index contributed by atoms with van der Waals surface area (Å²) in [5, 5.41) is 10.5. The molecule has 3 heterocycles. The van der Waals surface area contributed by atoms with E-state index in [4.69, 9.17) is 0 Å². The summed E-state index contributed by atoms with van der Waals surface area (Å²) < 4.78 is 1.64. The summed E-state index contributed by atoms with van der Waals surface area (Å²) in [7, 11) is 0. The highest BCUT2D eigenvalue weighted by Gasteiger charge is 2.14. The third-order valence-electron chi connectivity index (χ3n) is 3.94. The fourth-order valence-corrected chi connectivity index (χ4v) is 2.73. The number of halogens is 2. The van der Waals surface area contributed by atoms with Gasteiger partial charge in [-0.25, -0.2) is 9.67 Å². The summed E-state index contributed by atoms with van der Waals surface area (Å²) >= 11 is 0. The molecular formula is C16H23Cl2N5O. The van der Waals surface area contributed by atoms with E-state index in [-0.39, 0.29) is 30.7 Å². The molecule has 0 spiro atoms. The molecule has 1 aliphatic heterocycles. The minimum atomic E-state index is -0.127. The Labute approximate surface area is 154 Å². The lowest BCUT2D eigenvalue weighted by Crippen LogP contribution is -2.33. The normalized spacial score (nSPS) is 16.6. The molecule has 6 nitrogen and oxygen atoms in total. The smallest absolute Gasteiger partial charge is 0.269 e. The Hall–Kier alpha value is -1.63. The first-order valence-corrected chi connectivity index (χ1v) is 7.79. The van der Waals surface area contributed by atoms with Gasteiger partial charge < -0.3 is 10.6 Å². The monoisotopic (exact) mass is 371 g/mol. The fourth-order valence-electron chi connectivity index (χ4n) is 2.73. The summed E-state index contributed by atoms with van der Waals surface area (Å²) in [5.41, 5.74) is 0.426. The van der Waals surface area contributed by atoms with E-state index in [1.54, 1.807) is 23.1 Å². The van der Waals surface area contributed by atoms with Crippen LogP contribution in [0.1, 0.15) is 29.8 Å². The van der Waals surface area contributed by atoms with Gasteiger partial charge in [0.1, 0.15) is 5.69 Å². The molecule has 1 aliphatic rings. The van der Waals surface area contributed by atoms with Crippen LogP contribution in [-0.4, -0.2) is 40.3 Å². The van der Waals surface area contributed by atoms with E-state index in [2.05, 4.69) is 20.7 Å². The van der Waals surface area contributed by atoms with Gasteiger partial charge in [0.15, 0.2) is 5.82 Å². The predicted octanol–water partition coefficient (Wildman–Crippen LogP) is 2.23. The van der Waals surface area contributed by atoms with Crippen LogP contribution in [-0.2, 0) is 0 Å². The van der Waals surface area contributed by atoms with Crippen molar-refractivity contribution in [3.63, 3.8) is 0 Å². The maximum absolute atomic E-state index is 12.2. The molecule has 1 fully saturated rings. The molecule has 24 heavy (non-hydrogen) atoms. The van der Waals surface area contributed by atoms with Crippen LogP contribution < -0.4 is 10.6 Å². The van der Waals surface area contributed by atoms with Gasteiger partial charge in [0, 0.05) is 18.9 Å². The highest BCUT2D eigenvalue weighted by atomic mass is 35.5. The van der Waals surface area contributed by atoms with Crippen molar-refractivity contribution in [2.75, 3.05) is 19.6 Å². The molecule has 2 N–H and O–H groups in total. The van der Waals surface area contributed by atoms with Crippen LogP contribution in [0, 0.1) is 5.92 Å². The summed E-state index contributed by atoms with van der Waals surface area (Å²) in [6, 6.07) is 7.21. The van der Waals surface area contributed by atoms with E-state index in [1.165, 1.54) is 12.8 Å². The van der Waals surface area contributed by atoms with E-state index < -0.39 is 0 Å². The number of pyridine rings is 1. The number of piperidine rings is 1. The van der Waals surface area contributed by atoms with Crippen molar-refractivity contribution in [2.45, 2.75) is 19.3 Å². The van der Waals surface area contributed by atoms with Gasteiger partial charge >= 0.3 is 0 Å². The Morgan fingerprint density at radius 1 is 1.33 bits per heavy atom. The SMILES string of the molecule is Cl.Cl.O=C(NCCC1CCCNC1)c1cccc(-n2cccn2)n1. The number of nitrogens with one attached hydrogen (secondary N) is 2. The number of nitrogens with zero attached hydrogens (tertiary/aromatic N) is 3. The lowest BCUT2D eigenvalue weighted by molar-refractivity contribution is 0.0945. The second kappa shape index (κ2) is 10.3. The second-order valence-electron chi connectivity index (χ2n) is 5.59. The van der Waals surface area contributed by atoms with Crippen LogP contribution in [0.25, 0.3) is 5.82 Å². The van der Waals surface area contributed by atoms with Gasteiger partial charge in [0.25, 0.3) is 5.91 Å². The molecule has 2 aromatic rings. The molecule has 0 aliphatic carbocycles. The van der Waals surface area contributed by atoms with Gasteiger partial charge in [-0.2, -0.15) is 5.10 Å². The summed E-state index contributed by atoms with van der Waals surface area (Å²) in [4.78, 5) is 16.5. The predicted molar refractivity (Wildman–Crippen MR) is 98.4 cm³/mol. The lowest BCUT2D eigenvalue weighted by Gasteiger charge is -2.22. The van der Waals surface area contributed by atoms with Gasteiger partial charge in [0.05, 0.1) is 0 Å². The number of hydrogen-bond donors (Lipinski definition) is 2. The number of carbonyl (C=O) groups is 1. The second-order valence-corrected chi connectivity index (χ2v) is 5.59. The van der Waals surface area contributed by atoms with Crippen molar-refractivity contribution < 1.29 is 4.79 Å². The Bertz CT molecular complexity index is 615. The molecule has 1 saturated heterocycles. The average Bonchev–Trinajstić information content (AvgIpc) is 3.10. The van der Waals surface area contributed by atoms with Crippen LogP contribution >= 0.6 is 24.8 Å². The maximum atomic E-state index is 12.2. The Morgan fingerprint density at radius 2 is 2.21 bits per heavy atom. The van der Waals surface area contributed by atoms with Gasteiger partial charge in [-0.3, -0.25) is 4.79 Å². The van der Waals surface area contributed by atoms with Crippen molar-refractivity contribution in [2.24, 2.45) is 5.92 Å². The molecule has 3 rings (SSSR count). The molecule has 0 saturated carbocycles. The van der Waals surface area contributed by atoms with Crippen LogP contribution in [0.2, 0.25) is 0 Å². The van der Waals surface area contributed by atoms with E-state index in [0.717, 1.165) is 19.5 Å². The third kappa shape index (κ3) is 5.47. The average molecular weight is 372 g/mol. The highest BCUT2D eigenvalue weighted by molar-refractivity contribution is 5.92. The number of aromatic nitrogens is 3. The number of hydrogen-bond acceptors (Lipinski definition) is 4. The quantitative estimate of drug-likeness (QED) is 0.845. The van der Waals surface area contributed by atoms with Crippen LogP contribution in [0.15, 0.2) is 36.7 Å². The Balaban J connectivity index is 0.00000144. The minimum Gasteiger partial charge on any atom is -0.351 e. The molecule has 1 atom stereocenters. The van der Waals surface area contributed by atoms with E-state index in [9.17, 15) is 4.79 Å². The van der Waals surface area contributed by atoms with E-state index in [1.807, 2.05) is 18.2 Å². The molecule has 0 bridgehead atoms. The molecule has 132 valence electrons. The molecule has 1 unspecified atom stereocenters. The number of carbonyl (C=O) groups excluding carboxylic acids is 1. The Kier molecular flexibility index (Phi) is 8.74. The van der Waals surface area contributed by atoms with Gasteiger partial charge in [-0.1, -0.05) is 6.07 Å². The first kappa shape index (κ1) is 20.4. The van der Waals surface area contributed by atoms with Crippen molar-refractivity contribution in [1.29, 1.82) is 0 Å². The van der Waals surface area contributed by atoms with Gasteiger partial charge in [-0.15, -0.1) is 24.8 Å². The molecule has 8 heteroatoms. The summed E-state index contributed by atoms with van der Waals surface area (Å²) in [5.74, 6) is 1.18. The minimum absolute atomic E-state index is 0. The summed E-state index contributed by atoms with van der Waals surface area (Å²) in [6.07, 6.45) is 6.98. The van der Waals surface area contributed by atoms with E-state index >= 15 is 0 Å². The first-order chi connectivity index (χ1) is 10.8. The maximum Gasteiger partial charge on any atom is 0.269 e. The van der Waals surface area contributed by atoms with Crippen molar-refractivity contribution in [3.8, 4) is 5.82 Å². The van der Waals surface area contributed by atoms with Crippen molar-refractivity contribution in [3.05, 3.63) is 42.4 Å². The highest BCUT2D eigenvalue weighted by Crippen LogP contribution is 2.13. The zero-order valence-corrected chi connectivity index (χ0v) is 15.0. The molecule has 0 radical (unpaired) electrons. The van der Waals surface area contributed by atoms with Crippen molar-refractivity contribution >= 4 is 30.7 Å². The van der Waals surface area contributed by atoms with Gasteiger partial charge in [-0.05, 0) is 56.5 Å². The molecule has 0 aromatic carbocycles. The Morgan fingerprint density at radius 3 is 2.92 bits per heavy atom. The standard InChI is InChI=1S/C16H21N5O.2ClH/c22-16(18-10-7-13-4-2-8-17-12-13)14-5-1-6-15(20-14)21-11-3-9-19-21;;/h1,3,5-6,9,11,13,17H,2,4,7-8,10,12H2,(H,18,22);2*1H. The zero-order valence-electron chi connectivity index (χ0n) is 13.4. The largest absolute Gasteiger partial charge is 0.351 e. The van der Waals surface area contributed by atoms with Gasteiger partial charge in [0.2, 0.25) is 0 Å². The third-order valence-corrected chi connectivity index (χ3v) is 3.94. The van der Waals surface area contributed by atoms with Crippen LogP contribution in [0.3, 0.4) is 0 Å². The van der Waals surface area contributed by atoms with Crippen LogP contribution in [0.4, 0.5) is 0 Å².